The lowest BCUT2D eigenvalue weighted by Gasteiger charge is -2.16. The fourth-order valence-electron chi connectivity index (χ4n) is 1.25. The summed E-state index contributed by atoms with van der Waals surface area (Å²) in [6, 6.07) is 0. The molecule has 78 valence electrons. The SMILES string of the molecule is C[C@H](O)CNS(=O)(=O)N1CCCC1. The first-order valence-electron chi connectivity index (χ1n) is 4.45. The third-order valence-electron chi connectivity index (χ3n) is 1.97. The standard InChI is InChI=1S/C7H16N2O3S/c1-7(10)6-8-13(11,12)9-4-2-3-5-9/h7-8,10H,2-6H2,1H3/t7-/m0/s1. The Morgan fingerprint density at radius 2 is 2.00 bits per heavy atom. The molecule has 1 aliphatic rings. The van der Waals surface area contributed by atoms with Gasteiger partial charge in [-0.05, 0) is 19.8 Å². The van der Waals surface area contributed by atoms with Gasteiger partial charge in [0.2, 0.25) is 0 Å². The lowest BCUT2D eigenvalue weighted by Crippen LogP contribution is -2.41. The number of nitrogens with zero attached hydrogens (tertiary/aromatic N) is 1. The molecule has 1 aliphatic heterocycles. The maximum Gasteiger partial charge on any atom is 0.279 e. The summed E-state index contributed by atoms with van der Waals surface area (Å²) in [6.07, 6.45) is 1.21. The smallest absolute Gasteiger partial charge is 0.279 e. The van der Waals surface area contributed by atoms with E-state index in [-0.39, 0.29) is 6.54 Å². The van der Waals surface area contributed by atoms with Crippen molar-refractivity contribution in [3.63, 3.8) is 0 Å². The summed E-state index contributed by atoms with van der Waals surface area (Å²) in [6.45, 7) is 2.82. The highest BCUT2D eigenvalue weighted by Crippen LogP contribution is 2.10. The molecule has 0 aromatic heterocycles. The number of nitrogens with one attached hydrogen (secondary N) is 1. The van der Waals surface area contributed by atoms with Gasteiger partial charge in [0, 0.05) is 19.6 Å². The molecule has 1 fully saturated rings. The average molecular weight is 208 g/mol. The topological polar surface area (TPSA) is 69.6 Å². The van der Waals surface area contributed by atoms with E-state index < -0.39 is 16.3 Å². The zero-order valence-corrected chi connectivity index (χ0v) is 8.55. The van der Waals surface area contributed by atoms with Gasteiger partial charge in [-0.2, -0.15) is 17.4 Å². The Morgan fingerprint density at radius 3 is 2.46 bits per heavy atom. The molecule has 13 heavy (non-hydrogen) atoms. The monoisotopic (exact) mass is 208 g/mol. The van der Waals surface area contributed by atoms with Crippen LogP contribution < -0.4 is 4.72 Å². The fourth-order valence-corrected chi connectivity index (χ4v) is 2.62. The summed E-state index contributed by atoms with van der Waals surface area (Å²) in [5, 5.41) is 8.91. The van der Waals surface area contributed by atoms with Crippen molar-refractivity contribution < 1.29 is 13.5 Å². The zero-order chi connectivity index (χ0) is 9.90. The van der Waals surface area contributed by atoms with Gasteiger partial charge in [0.25, 0.3) is 10.2 Å². The second-order valence-corrected chi connectivity index (χ2v) is 5.06. The predicted octanol–water partition coefficient (Wildman–Crippen LogP) is -0.703. The zero-order valence-electron chi connectivity index (χ0n) is 7.73. The van der Waals surface area contributed by atoms with E-state index in [9.17, 15) is 8.42 Å². The van der Waals surface area contributed by atoms with Crippen LogP contribution in [0.15, 0.2) is 0 Å². The van der Waals surface area contributed by atoms with Crippen LogP contribution in [0.3, 0.4) is 0 Å². The van der Waals surface area contributed by atoms with Crippen LogP contribution in [0.25, 0.3) is 0 Å². The number of hydrogen-bond acceptors (Lipinski definition) is 3. The van der Waals surface area contributed by atoms with Crippen molar-refractivity contribution in [2.45, 2.75) is 25.9 Å². The highest BCUT2D eigenvalue weighted by Gasteiger charge is 2.24. The van der Waals surface area contributed by atoms with E-state index in [4.69, 9.17) is 5.11 Å². The van der Waals surface area contributed by atoms with Gasteiger partial charge in [-0.15, -0.1) is 0 Å². The van der Waals surface area contributed by atoms with Crippen molar-refractivity contribution in [1.29, 1.82) is 0 Å². The van der Waals surface area contributed by atoms with Crippen molar-refractivity contribution in [3.05, 3.63) is 0 Å². The first-order chi connectivity index (χ1) is 6.02. The fraction of sp³-hybridized carbons (Fsp3) is 1.00. The number of rotatable bonds is 4. The molecule has 1 rings (SSSR count). The second kappa shape index (κ2) is 4.36. The number of aliphatic hydroxyl groups is 1. The molecular weight excluding hydrogens is 192 g/mol. The summed E-state index contributed by atoms with van der Waals surface area (Å²) in [4.78, 5) is 0. The lowest BCUT2D eigenvalue weighted by atomic mass is 10.4. The Labute approximate surface area is 78.9 Å². The molecule has 0 radical (unpaired) electrons. The van der Waals surface area contributed by atoms with Crippen molar-refractivity contribution >= 4 is 10.2 Å². The Morgan fingerprint density at radius 1 is 1.46 bits per heavy atom. The van der Waals surface area contributed by atoms with Gasteiger partial charge in [-0.1, -0.05) is 0 Å². The third kappa shape index (κ3) is 3.22. The Balaban J connectivity index is 2.45. The van der Waals surface area contributed by atoms with Crippen LogP contribution in [0.4, 0.5) is 0 Å². The number of aliphatic hydroxyl groups excluding tert-OH is 1. The van der Waals surface area contributed by atoms with Crippen molar-refractivity contribution in [3.8, 4) is 0 Å². The van der Waals surface area contributed by atoms with Crippen molar-refractivity contribution in [2.75, 3.05) is 19.6 Å². The minimum absolute atomic E-state index is 0.0822. The van der Waals surface area contributed by atoms with Gasteiger partial charge in [0.15, 0.2) is 0 Å². The van der Waals surface area contributed by atoms with Gasteiger partial charge >= 0.3 is 0 Å². The molecule has 2 N–H and O–H groups in total. The van der Waals surface area contributed by atoms with E-state index in [0.717, 1.165) is 12.8 Å². The van der Waals surface area contributed by atoms with Crippen LogP contribution in [-0.4, -0.2) is 43.6 Å². The van der Waals surface area contributed by atoms with E-state index in [1.165, 1.54) is 4.31 Å². The minimum atomic E-state index is -3.33. The average Bonchev–Trinajstić information content (AvgIpc) is 2.53. The summed E-state index contributed by atoms with van der Waals surface area (Å²) in [5.74, 6) is 0. The first kappa shape index (κ1) is 10.9. The quantitative estimate of drug-likeness (QED) is 0.641. The molecule has 0 bridgehead atoms. The molecule has 6 heteroatoms. The molecule has 0 unspecified atom stereocenters. The van der Waals surface area contributed by atoms with Crippen molar-refractivity contribution in [2.24, 2.45) is 0 Å². The summed E-state index contributed by atoms with van der Waals surface area (Å²) >= 11 is 0. The van der Waals surface area contributed by atoms with E-state index in [2.05, 4.69) is 4.72 Å². The summed E-state index contributed by atoms with van der Waals surface area (Å²) in [7, 11) is -3.33. The molecule has 0 amide bonds. The number of hydrogen-bond donors (Lipinski definition) is 2. The molecule has 1 heterocycles. The summed E-state index contributed by atoms with van der Waals surface area (Å²) in [5.41, 5.74) is 0. The van der Waals surface area contributed by atoms with Gasteiger partial charge in [0.1, 0.15) is 0 Å². The molecule has 0 aliphatic carbocycles. The second-order valence-electron chi connectivity index (χ2n) is 3.31. The molecule has 1 saturated heterocycles. The first-order valence-corrected chi connectivity index (χ1v) is 5.89. The van der Waals surface area contributed by atoms with E-state index >= 15 is 0 Å². The Hall–Kier alpha value is -0.170. The molecule has 0 aromatic carbocycles. The van der Waals surface area contributed by atoms with Crippen LogP contribution in [0.1, 0.15) is 19.8 Å². The van der Waals surface area contributed by atoms with Crippen LogP contribution in [-0.2, 0) is 10.2 Å². The molecule has 5 nitrogen and oxygen atoms in total. The third-order valence-corrected chi connectivity index (χ3v) is 3.54. The maximum atomic E-state index is 11.4. The Kier molecular flexibility index (Phi) is 3.66. The lowest BCUT2D eigenvalue weighted by molar-refractivity contribution is 0.198. The largest absolute Gasteiger partial charge is 0.392 e. The normalized spacial score (nSPS) is 22.0. The van der Waals surface area contributed by atoms with Crippen LogP contribution in [0.2, 0.25) is 0 Å². The summed E-state index contributed by atoms with van der Waals surface area (Å²) < 4.78 is 26.6. The van der Waals surface area contributed by atoms with E-state index in [1.807, 2.05) is 0 Å². The van der Waals surface area contributed by atoms with E-state index in [0.29, 0.717) is 13.1 Å². The molecular formula is C7H16N2O3S. The van der Waals surface area contributed by atoms with Crippen LogP contribution in [0, 0.1) is 0 Å². The molecule has 0 aromatic rings. The highest BCUT2D eigenvalue weighted by atomic mass is 32.2. The van der Waals surface area contributed by atoms with Crippen molar-refractivity contribution in [1.82, 2.24) is 9.03 Å². The van der Waals surface area contributed by atoms with Gasteiger partial charge < -0.3 is 5.11 Å². The molecule has 0 saturated carbocycles. The predicted molar refractivity (Wildman–Crippen MR) is 49.4 cm³/mol. The van der Waals surface area contributed by atoms with Gasteiger partial charge in [-0.3, -0.25) is 0 Å². The van der Waals surface area contributed by atoms with Crippen LogP contribution in [0.5, 0.6) is 0 Å². The molecule has 1 atom stereocenters. The van der Waals surface area contributed by atoms with Gasteiger partial charge in [-0.25, -0.2) is 0 Å². The van der Waals surface area contributed by atoms with Crippen LogP contribution >= 0.6 is 0 Å². The highest BCUT2D eigenvalue weighted by molar-refractivity contribution is 7.87. The van der Waals surface area contributed by atoms with E-state index in [1.54, 1.807) is 6.92 Å². The maximum absolute atomic E-state index is 11.4. The van der Waals surface area contributed by atoms with Gasteiger partial charge in [0.05, 0.1) is 6.10 Å². The molecule has 0 spiro atoms. The minimum Gasteiger partial charge on any atom is -0.392 e. The Bertz CT molecular complexity index is 244.